The highest BCUT2D eigenvalue weighted by Gasteiger charge is 2.25. The second-order valence-electron chi connectivity index (χ2n) is 4.19. The lowest BCUT2D eigenvalue weighted by Gasteiger charge is -2.19. The molecule has 1 aliphatic rings. The summed E-state index contributed by atoms with van der Waals surface area (Å²) >= 11 is 5.88. The van der Waals surface area contributed by atoms with Gasteiger partial charge in [0.25, 0.3) is 0 Å². The Bertz CT molecular complexity index is 662. The van der Waals surface area contributed by atoms with Crippen LogP contribution in [0, 0.1) is 5.82 Å². The van der Waals surface area contributed by atoms with E-state index in [-0.39, 0.29) is 16.5 Å². The third-order valence-electron chi connectivity index (χ3n) is 3.13. The molecular formula is C13H9ClFN3O. The van der Waals surface area contributed by atoms with E-state index >= 15 is 0 Å². The maximum Gasteiger partial charge on any atom is 0.156 e. The van der Waals surface area contributed by atoms with Crippen molar-refractivity contribution in [3.63, 3.8) is 0 Å². The highest BCUT2D eigenvalue weighted by molar-refractivity contribution is 6.32. The Morgan fingerprint density at radius 1 is 1.37 bits per heavy atom. The van der Waals surface area contributed by atoms with E-state index in [4.69, 9.17) is 11.6 Å². The van der Waals surface area contributed by atoms with Gasteiger partial charge in [0, 0.05) is 12.2 Å². The topological polar surface area (TPSA) is 46.1 Å². The van der Waals surface area contributed by atoms with Gasteiger partial charge in [-0.1, -0.05) is 17.7 Å². The van der Waals surface area contributed by atoms with E-state index in [0.717, 1.165) is 17.7 Å². The molecule has 19 heavy (non-hydrogen) atoms. The van der Waals surface area contributed by atoms with Crippen LogP contribution >= 0.6 is 11.6 Å². The van der Waals surface area contributed by atoms with E-state index < -0.39 is 0 Å². The lowest BCUT2D eigenvalue weighted by atomic mass is 10.1. The number of fused-ring (bicyclic) bond motifs is 1. The molecule has 0 bridgehead atoms. The van der Waals surface area contributed by atoms with Crippen molar-refractivity contribution in [1.29, 1.82) is 0 Å². The molecular weight excluding hydrogens is 269 g/mol. The molecule has 0 spiro atoms. The smallest absolute Gasteiger partial charge is 0.156 e. The summed E-state index contributed by atoms with van der Waals surface area (Å²) in [4.78, 5) is 20.8. The first kappa shape index (κ1) is 12.0. The van der Waals surface area contributed by atoms with Crippen LogP contribution in [0.4, 0.5) is 15.9 Å². The summed E-state index contributed by atoms with van der Waals surface area (Å²) in [5.74, 6) is 0.0952. The number of carbonyl (C=O) groups is 1. The molecule has 3 rings (SSSR count). The van der Waals surface area contributed by atoms with Crippen LogP contribution in [-0.4, -0.2) is 22.8 Å². The predicted molar refractivity (Wildman–Crippen MR) is 69.5 cm³/mol. The molecule has 0 saturated heterocycles. The summed E-state index contributed by atoms with van der Waals surface area (Å²) in [6.45, 7) is 0.632. The van der Waals surface area contributed by atoms with Gasteiger partial charge in [-0.2, -0.15) is 0 Å². The lowest BCUT2D eigenvalue weighted by molar-refractivity contribution is 0.112. The molecule has 0 saturated carbocycles. The van der Waals surface area contributed by atoms with Crippen LogP contribution in [0.15, 0.2) is 24.5 Å². The zero-order chi connectivity index (χ0) is 13.4. The van der Waals surface area contributed by atoms with Crippen LogP contribution in [0.1, 0.15) is 15.9 Å². The van der Waals surface area contributed by atoms with Gasteiger partial charge in [-0.3, -0.25) is 4.79 Å². The maximum absolute atomic E-state index is 13.4. The molecule has 1 aromatic heterocycles. The Morgan fingerprint density at radius 2 is 2.21 bits per heavy atom. The lowest BCUT2D eigenvalue weighted by Crippen LogP contribution is -2.17. The van der Waals surface area contributed by atoms with E-state index in [0.29, 0.717) is 18.6 Å². The van der Waals surface area contributed by atoms with Crippen LogP contribution in [0.3, 0.4) is 0 Å². The van der Waals surface area contributed by atoms with Crippen molar-refractivity contribution in [2.45, 2.75) is 6.42 Å². The number of rotatable bonds is 2. The summed E-state index contributed by atoms with van der Waals surface area (Å²) < 4.78 is 13.4. The van der Waals surface area contributed by atoms with Gasteiger partial charge in [-0.25, -0.2) is 14.4 Å². The average Bonchev–Trinajstić information content (AvgIpc) is 2.81. The highest BCUT2D eigenvalue weighted by Crippen LogP contribution is 2.36. The molecule has 0 radical (unpaired) electrons. The number of carbonyl (C=O) groups excluding carboxylic acids is 1. The van der Waals surface area contributed by atoms with E-state index in [1.807, 2.05) is 0 Å². The van der Waals surface area contributed by atoms with Gasteiger partial charge in [0.05, 0.1) is 5.56 Å². The first-order valence-corrected chi connectivity index (χ1v) is 6.10. The van der Waals surface area contributed by atoms with E-state index in [1.165, 1.54) is 18.5 Å². The van der Waals surface area contributed by atoms with Crippen molar-refractivity contribution in [3.05, 3.63) is 46.6 Å². The third-order valence-corrected chi connectivity index (χ3v) is 3.43. The van der Waals surface area contributed by atoms with Crippen LogP contribution in [-0.2, 0) is 6.42 Å². The van der Waals surface area contributed by atoms with E-state index in [1.54, 1.807) is 11.0 Å². The fraction of sp³-hybridized carbons (Fsp3) is 0.154. The summed E-state index contributed by atoms with van der Waals surface area (Å²) in [6, 6.07) is 4.61. The Labute approximate surface area is 113 Å². The molecule has 0 N–H and O–H groups in total. The summed E-state index contributed by atoms with van der Waals surface area (Å²) in [7, 11) is 0. The normalized spacial score (nSPS) is 13.5. The van der Waals surface area contributed by atoms with E-state index in [2.05, 4.69) is 9.97 Å². The summed E-state index contributed by atoms with van der Waals surface area (Å²) in [5.41, 5.74) is 1.96. The maximum atomic E-state index is 13.4. The molecule has 1 aromatic carbocycles. The number of aromatic nitrogens is 2. The van der Waals surface area contributed by atoms with Crippen molar-refractivity contribution in [2.75, 3.05) is 11.4 Å². The summed E-state index contributed by atoms with van der Waals surface area (Å²) in [5, 5.41) is 0.102. The van der Waals surface area contributed by atoms with Gasteiger partial charge in [0.15, 0.2) is 6.29 Å². The van der Waals surface area contributed by atoms with Gasteiger partial charge in [0.2, 0.25) is 0 Å². The molecule has 4 nitrogen and oxygen atoms in total. The van der Waals surface area contributed by atoms with Gasteiger partial charge >= 0.3 is 0 Å². The van der Waals surface area contributed by atoms with Crippen molar-refractivity contribution in [3.8, 4) is 0 Å². The SMILES string of the molecule is O=Cc1c(Cl)ncnc1N1CCc2ccc(F)cc21. The number of nitrogens with zero attached hydrogens (tertiary/aromatic N) is 3. The number of anilines is 2. The molecule has 1 aliphatic heterocycles. The first-order valence-electron chi connectivity index (χ1n) is 5.72. The van der Waals surface area contributed by atoms with E-state index in [9.17, 15) is 9.18 Å². The van der Waals surface area contributed by atoms with Crippen molar-refractivity contribution >= 4 is 29.4 Å². The molecule has 0 amide bonds. The molecule has 0 unspecified atom stereocenters. The molecule has 0 fully saturated rings. The number of aldehydes is 1. The second-order valence-corrected chi connectivity index (χ2v) is 4.55. The predicted octanol–water partition coefficient (Wildman–Crippen LogP) is 2.78. The largest absolute Gasteiger partial charge is 0.325 e. The van der Waals surface area contributed by atoms with Crippen molar-refractivity contribution < 1.29 is 9.18 Å². The molecule has 6 heteroatoms. The fourth-order valence-corrected chi connectivity index (χ4v) is 2.43. The molecule has 2 heterocycles. The zero-order valence-corrected chi connectivity index (χ0v) is 10.6. The molecule has 96 valence electrons. The second kappa shape index (κ2) is 4.59. The van der Waals surface area contributed by atoms with Crippen LogP contribution in [0.25, 0.3) is 0 Å². The van der Waals surface area contributed by atoms with Gasteiger partial charge in [0.1, 0.15) is 23.1 Å². The number of halogens is 2. The Kier molecular flexibility index (Phi) is 2.91. The van der Waals surface area contributed by atoms with Crippen LogP contribution in [0.5, 0.6) is 0 Å². The quantitative estimate of drug-likeness (QED) is 0.625. The van der Waals surface area contributed by atoms with Gasteiger partial charge < -0.3 is 4.90 Å². The molecule has 2 aromatic rings. The third kappa shape index (κ3) is 1.96. The minimum absolute atomic E-state index is 0.102. The molecule has 0 atom stereocenters. The Morgan fingerprint density at radius 3 is 3.00 bits per heavy atom. The fourth-order valence-electron chi connectivity index (χ4n) is 2.25. The molecule has 0 aliphatic carbocycles. The van der Waals surface area contributed by atoms with Crippen LogP contribution < -0.4 is 4.90 Å². The van der Waals surface area contributed by atoms with Crippen molar-refractivity contribution in [1.82, 2.24) is 9.97 Å². The Balaban J connectivity index is 2.14. The minimum Gasteiger partial charge on any atom is -0.325 e. The Hall–Kier alpha value is -2.01. The number of hydrogen-bond donors (Lipinski definition) is 0. The van der Waals surface area contributed by atoms with Crippen molar-refractivity contribution in [2.24, 2.45) is 0 Å². The van der Waals surface area contributed by atoms with Gasteiger partial charge in [-0.15, -0.1) is 0 Å². The summed E-state index contributed by atoms with van der Waals surface area (Å²) in [6.07, 6.45) is 2.69. The number of benzene rings is 1. The standard InChI is InChI=1S/C13H9ClFN3O/c14-12-10(6-19)13(17-7-16-12)18-4-3-8-1-2-9(15)5-11(8)18/h1-2,5-7H,3-4H2. The zero-order valence-electron chi connectivity index (χ0n) is 9.81. The first-order chi connectivity index (χ1) is 9.20. The minimum atomic E-state index is -0.321. The highest BCUT2D eigenvalue weighted by atomic mass is 35.5. The monoisotopic (exact) mass is 277 g/mol. The average molecular weight is 278 g/mol. The van der Waals surface area contributed by atoms with Gasteiger partial charge in [-0.05, 0) is 24.1 Å². The van der Waals surface area contributed by atoms with Crippen LogP contribution in [0.2, 0.25) is 5.15 Å². The number of hydrogen-bond acceptors (Lipinski definition) is 4.